The van der Waals surface area contributed by atoms with Crippen molar-refractivity contribution >= 4 is 5.84 Å². The van der Waals surface area contributed by atoms with Crippen LogP contribution in [0.5, 0.6) is 0 Å². The molecule has 0 spiro atoms. The molecule has 3 rings (SSSR count). The van der Waals surface area contributed by atoms with Gasteiger partial charge in [0, 0.05) is 24.9 Å². The van der Waals surface area contributed by atoms with Gasteiger partial charge < -0.3 is 10.1 Å². The van der Waals surface area contributed by atoms with E-state index in [2.05, 4.69) is 10.3 Å². The van der Waals surface area contributed by atoms with E-state index in [0.717, 1.165) is 38.6 Å². The fraction of sp³-hybridized carbons (Fsp3) is 0.900. The third kappa shape index (κ3) is 1.26. The molecule has 0 aromatic heterocycles. The Hall–Kier alpha value is -0.570. The SMILES string of the molecule is C1CN=C(NCC23COCC2C3)C1. The molecule has 0 radical (unpaired) electrons. The predicted molar refractivity (Wildman–Crippen MR) is 50.9 cm³/mol. The van der Waals surface area contributed by atoms with E-state index < -0.39 is 0 Å². The van der Waals surface area contributed by atoms with E-state index in [-0.39, 0.29) is 0 Å². The molecule has 2 fully saturated rings. The van der Waals surface area contributed by atoms with Gasteiger partial charge in [0.25, 0.3) is 0 Å². The molecule has 2 unspecified atom stereocenters. The topological polar surface area (TPSA) is 33.6 Å². The molecule has 0 bridgehead atoms. The van der Waals surface area contributed by atoms with Crippen molar-refractivity contribution in [3.05, 3.63) is 0 Å². The lowest BCUT2D eigenvalue weighted by atomic mass is 10.1. The van der Waals surface area contributed by atoms with Crippen LogP contribution in [0.1, 0.15) is 19.3 Å². The monoisotopic (exact) mass is 180 g/mol. The molecule has 1 saturated heterocycles. The van der Waals surface area contributed by atoms with Crippen LogP contribution < -0.4 is 5.32 Å². The van der Waals surface area contributed by atoms with Crippen LogP contribution in [0.25, 0.3) is 0 Å². The van der Waals surface area contributed by atoms with E-state index >= 15 is 0 Å². The average Bonchev–Trinajstić information content (AvgIpc) is 2.61. The van der Waals surface area contributed by atoms with Crippen molar-refractivity contribution in [3.63, 3.8) is 0 Å². The Morgan fingerprint density at radius 3 is 3.23 bits per heavy atom. The van der Waals surface area contributed by atoms with Gasteiger partial charge in [-0.3, -0.25) is 4.99 Å². The standard InChI is InChI=1S/C10H16N2O/c1-2-9(11-3-1)12-6-10-4-8(10)5-13-7-10/h8H,1-7H2,(H,11,12). The summed E-state index contributed by atoms with van der Waals surface area (Å²) in [5.74, 6) is 2.08. The van der Waals surface area contributed by atoms with Crippen LogP contribution in [-0.4, -0.2) is 32.1 Å². The molecule has 72 valence electrons. The van der Waals surface area contributed by atoms with Gasteiger partial charge in [-0.15, -0.1) is 0 Å². The minimum atomic E-state index is 0.505. The number of hydrogen-bond acceptors (Lipinski definition) is 3. The van der Waals surface area contributed by atoms with Crippen molar-refractivity contribution in [1.82, 2.24) is 5.32 Å². The molecular weight excluding hydrogens is 164 g/mol. The number of nitrogens with zero attached hydrogens (tertiary/aromatic N) is 1. The molecule has 3 nitrogen and oxygen atoms in total. The molecule has 1 N–H and O–H groups in total. The lowest BCUT2D eigenvalue weighted by Gasteiger charge is -2.12. The Kier molecular flexibility index (Phi) is 1.62. The van der Waals surface area contributed by atoms with Gasteiger partial charge in [-0.1, -0.05) is 0 Å². The highest BCUT2D eigenvalue weighted by molar-refractivity contribution is 5.83. The highest BCUT2D eigenvalue weighted by Crippen LogP contribution is 2.56. The van der Waals surface area contributed by atoms with E-state index in [9.17, 15) is 0 Å². The van der Waals surface area contributed by atoms with Crippen molar-refractivity contribution in [2.75, 3.05) is 26.3 Å². The van der Waals surface area contributed by atoms with Gasteiger partial charge in [-0.05, 0) is 18.8 Å². The second-order valence-corrected chi connectivity index (χ2v) is 4.56. The van der Waals surface area contributed by atoms with Gasteiger partial charge in [-0.25, -0.2) is 0 Å². The lowest BCUT2D eigenvalue weighted by Crippen LogP contribution is -2.30. The maximum Gasteiger partial charge on any atom is 0.0963 e. The maximum atomic E-state index is 5.45. The first kappa shape index (κ1) is 7.80. The van der Waals surface area contributed by atoms with Crippen LogP contribution in [0.15, 0.2) is 4.99 Å². The zero-order valence-electron chi connectivity index (χ0n) is 7.88. The van der Waals surface area contributed by atoms with Crippen LogP contribution in [0.4, 0.5) is 0 Å². The summed E-state index contributed by atoms with van der Waals surface area (Å²) in [6, 6.07) is 0. The Bertz CT molecular complexity index is 251. The summed E-state index contributed by atoms with van der Waals surface area (Å²) < 4.78 is 5.45. The van der Waals surface area contributed by atoms with E-state index in [4.69, 9.17) is 4.74 Å². The molecule has 0 aromatic carbocycles. The van der Waals surface area contributed by atoms with Crippen LogP contribution in [0.2, 0.25) is 0 Å². The van der Waals surface area contributed by atoms with Crippen LogP contribution in [-0.2, 0) is 4.74 Å². The number of aliphatic imine (C=N–C) groups is 1. The quantitative estimate of drug-likeness (QED) is 0.682. The summed E-state index contributed by atoms with van der Waals surface area (Å²) in [7, 11) is 0. The van der Waals surface area contributed by atoms with Gasteiger partial charge in [0.05, 0.1) is 19.0 Å². The normalized spacial score (nSPS) is 41.5. The van der Waals surface area contributed by atoms with Gasteiger partial charge in [0.1, 0.15) is 0 Å². The first-order chi connectivity index (χ1) is 6.39. The van der Waals surface area contributed by atoms with E-state index in [1.54, 1.807) is 0 Å². The third-order valence-electron chi connectivity index (χ3n) is 3.59. The number of nitrogens with one attached hydrogen (secondary N) is 1. The van der Waals surface area contributed by atoms with Gasteiger partial charge >= 0.3 is 0 Å². The zero-order chi connectivity index (χ0) is 8.73. The van der Waals surface area contributed by atoms with Crippen LogP contribution >= 0.6 is 0 Å². The molecule has 3 heteroatoms. The summed E-state index contributed by atoms with van der Waals surface area (Å²) in [6.07, 6.45) is 3.75. The number of fused-ring (bicyclic) bond motifs is 1. The van der Waals surface area contributed by atoms with E-state index in [1.807, 2.05) is 0 Å². The number of ether oxygens (including phenoxy) is 1. The Labute approximate surface area is 78.6 Å². The summed E-state index contributed by atoms with van der Waals surface area (Å²) in [6.45, 7) is 4.08. The van der Waals surface area contributed by atoms with Crippen molar-refractivity contribution in [2.45, 2.75) is 19.3 Å². The van der Waals surface area contributed by atoms with Crippen molar-refractivity contribution < 1.29 is 4.74 Å². The van der Waals surface area contributed by atoms with Gasteiger partial charge in [0.15, 0.2) is 0 Å². The smallest absolute Gasteiger partial charge is 0.0963 e. The Morgan fingerprint density at radius 1 is 1.62 bits per heavy atom. The van der Waals surface area contributed by atoms with Crippen molar-refractivity contribution in [3.8, 4) is 0 Å². The fourth-order valence-electron chi connectivity index (χ4n) is 2.48. The Morgan fingerprint density at radius 2 is 2.62 bits per heavy atom. The van der Waals surface area contributed by atoms with E-state index in [0.29, 0.717) is 5.41 Å². The first-order valence-corrected chi connectivity index (χ1v) is 5.24. The molecule has 2 atom stereocenters. The molecular formula is C10H16N2O. The third-order valence-corrected chi connectivity index (χ3v) is 3.59. The van der Waals surface area contributed by atoms with Crippen LogP contribution in [0.3, 0.4) is 0 Å². The second-order valence-electron chi connectivity index (χ2n) is 4.56. The molecule has 2 aliphatic heterocycles. The number of hydrogen-bond donors (Lipinski definition) is 1. The van der Waals surface area contributed by atoms with E-state index in [1.165, 1.54) is 18.7 Å². The van der Waals surface area contributed by atoms with Crippen molar-refractivity contribution in [1.29, 1.82) is 0 Å². The first-order valence-electron chi connectivity index (χ1n) is 5.24. The number of rotatable bonds is 2. The summed E-state index contributed by atoms with van der Waals surface area (Å²) in [5.41, 5.74) is 0.505. The average molecular weight is 180 g/mol. The molecule has 3 aliphatic rings. The molecule has 13 heavy (non-hydrogen) atoms. The molecule has 2 heterocycles. The summed E-state index contributed by atoms with van der Waals surface area (Å²) in [5, 5.41) is 3.48. The minimum absolute atomic E-state index is 0.505. The molecule has 1 aliphatic carbocycles. The zero-order valence-corrected chi connectivity index (χ0v) is 7.88. The van der Waals surface area contributed by atoms with Gasteiger partial charge in [-0.2, -0.15) is 0 Å². The molecule has 0 amide bonds. The maximum absolute atomic E-state index is 5.45. The molecule has 1 saturated carbocycles. The van der Waals surface area contributed by atoms with Gasteiger partial charge in [0.2, 0.25) is 0 Å². The highest BCUT2D eigenvalue weighted by atomic mass is 16.5. The Balaban J connectivity index is 1.53. The minimum Gasteiger partial charge on any atom is -0.380 e. The largest absolute Gasteiger partial charge is 0.380 e. The summed E-state index contributed by atoms with van der Waals surface area (Å²) in [4.78, 5) is 4.41. The second kappa shape index (κ2) is 2.71. The predicted octanol–water partition coefficient (Wildman–Crippen LogP) is 0.805. The fourth-order valence-corrected chi connectivity index (χ4v) is 2.48. The van der Waals surface area contributed by atoms with Crippen LogP contribution in [0, 0.1) is 11.3 Å². The number of amidine groups is 1. The van der Waals surface area contributed by atoms with Crippen molar-refractivity contribution in [2.24, 2.45) is 16.3 Å². The highest BCUT2D eigenvalue weighted by Gasteiger charge is 2.57. The molecule has 0 aromatic rings. The lowest BCUT2D eigenvalue weighted by molar-refractivity contribution is 0.147. The summed E-state index contributed by atoms with van der Waals surface area (Å²) >= 11 is 0.